The lowest BCUT2D eigenvalue weighted by Gasteiger charge is -2.26. The molecule has 2 heterocycles. The molecule has 1 atom stereocenters. The first-order chi connectivity index (χ1) is 8.34. The van der Waals surface area contributed by atoms with Crippen LogP contribution in [0.1, 0.15) is 11.6 Å². The highest BCUT2D eigenvalue weighted by atomic mass is 16.2. The number of pyridine rings is 1. The summed E-state index contributed by atoms with van der Waals surface area (Å²) in [4.78, 5) is 15.9. The number of hydrogen-bond donors (Lipinski definition) is 2. The number of carbonyl (C=O) groups is 1. The van der Waals surface area contributed by atoms with Gasteiger partial charge < -0.3 is 10.6 Å². The Morgan fingerprint density at radius 1 is 1.06 bits per heavy atom. The fourth-order valence-corrected chi connectivity index (χ4v) is 1.93. The Bertz CT molecular complexity index is 554. The Kier molecular flexibility index (Phi) is 2.26. The van der Waals surface area contributed by atoms with Gasteiger partial charge in [-0.15, -0.1) is 0 Å². The molecular weight excluding hydrogens is 214 g/mol. The van der Waals surface area contributed by atoms with E-state index in [4.69, 9.17) is 0 Å². The molecule has 3 rings (SSSR count). The van der Waals surface area contributed by atoms with Crippen LogP contribution < -0.4 is 10.6 Å². The van der Waals surface area contributed by atoms with Crippen LogP contribution in [0.5, 0.6) is 0 Å². The molecule has 1 unspecified atom stereocenters. The molecule has 17 heavy (non-hydrogen) atoms. The Labute approximate surface area is 98.7 Å². The minimum absolute atomic E-state index is 0.0586. The van der Waals surface area contributed by atoms with Crippen LogP contribution in [0, 0.1) is 0 Å². The Morgan fingerprint density at radius 2 is 1.88 bits per heavy atom. The molecule has 0 bridgehead atoms. The maximum Gasteiger partial charge on any atom is 0.251 e. The maximum absolute atomic E-state index is 12.0. The summed E-state index contributed by atoms with van der Waals surface area (Å²) >= 11 is 0. The van der Waals surface area contributed by atoms with E-state index in [0.717, 1.165) is 16.9 Å². The van der Waals surface area contributed by atoms with Gasteiger partial charge in [-0.2, -0.15) is 0 Å². The highest BCUT2D eigenvalue weighted by molar-refractivity contribution is 6.03. The van der Waals surface area contributed by atoms with Crippen molar-refractivity contribution in [2.24, 2.45) is 0 Å². The van der Waals surface area contributed by atoms with Gasteiger partial charge in [0.2, 0.25) is 0 Å². The normalized spacial score (nSPS) is 17.9. The predicted molar refractivity (Wildman–Crippen MR) is 65.7 cm³/mol. The predicted octanol–water partition coefficient (Wildman–Crippen LogP) is 2.19. The van der Waals surface area contributed by atoms with E-state index in [1.165, 1.54) is 0 Å². The average Bonchev–Trinajstić information content (AvgIpc) is 2.39. The first-order valence-electron chi connectivity index (χ1n) is 5.41. The first-order valence-corrected chi connectivity index (χ1v) is 5.41. The molecule has 1 aliphatic heterocycles. The van der Waals surface area contributed by atoms with Crippen LogP contribution in [-0.2, 0) is 4.79 Å². The zero-order chi connectivity index (χ0) is 11.7. The monoisotopic (exact) mass is 225 g/mol. The number of fused-ring (bicyclic) bond motifs is 1. The van der Waals surface area contributed by atoms with Crippen molar-refractivity contribution in [3.05, 3.63) is 54.4 Å². The minimum Gasteiger partial charge on any atom is -0.368 e. The SMILES string of the molecule is O=C1Nc2cnccc2NC1c1ccccc1. The summed E-state index contributed by atoms with van der Waals surface area (Å²) in [6.45, 7) is 0. The topological polar surface area (TPSA) is 54.0 Å². The fraction of sp³-hybridized carbons (Fsp3) is 0.0769. The van der Waals surface area contributed by atoms with Crippen molar-refractivity contribution >= 4 is 17.3 Å². The van der Waals surface area contributed by atoms with Crippen molar-refractivity contribution in [3.63, 3.8) is 0 Å². The molecule has 0 saturated carbocycles. The number of hydrogen-bond acceptors (Lipinski definition) is 3. The van der Waals surface area contributed by atoms with Gasteiger partial charge in [-0.1, -0.05) is 30.3 Å². The molecule has 4 nitrogen and oxygen atoms in total. The second-order valence-electron chi connectivity index (χ2n) is 3.90. The van der Waals surface area contributed by atoms with Gasteiger partial charge in [-0.3, -0.25) is 9.78 Å². The summed E-state index contributed by atoms with van der Waals surface area (Å²) in [5.41, 5.74) is 2.57. The van der Waals surface area contributed by atoms with Gasteiger partial charge in [-0.05, 0) is 11.6 Å². The number of carbonyl (C=O) groups excluding carboxylic acids is 1. The molecule has 1 aromatic heterocycles. The van der Waals surface area contributed by atoms with Crippen LogP contribution in [0.4, 0.5) is 11.4 Å². The van der Waals surface area contributed by atoms with E-state index in [1.807, 2.05) is 36.4 Å². The van der Waals surface area contributed by atoms with Gasteiger partial charge in [-0.25, -0.2) is 0 Å². The molecule has 2 aromatic rings. The van der Waals surface area contributed by atoms with E-state index in [-0.39, 0.29) is 11.9 Å². The van der Waals surface area contributed by atoms with Crippen molar-refractivity contribution in [2.75, 3.05) is 10.6 Å². The van der Waals surface area contributed by atoms with Gasteiger partial charge in [0.25, 0.3) is 5.91 Å². The van der Waals surface area contributed by atoms with E-state index < -0.39 is 0 Å². The number of amides is 1. The zero-order valence-corrected chi connectivity index (χ0v) is 9.05. The van der Waals surface area contributed by atoms with E-state index in [2.05, 4.69) is 15.6 Å². The molecule has 1 aromatic carbocycles. The summed E-state index contributed by atoms with van der Waals surface area (Å²) in [5.74, 6) is -0.0586. The van der Waals surface area contributed by atoms with Crippen LogP contribution in [-0.4, -0.2) is 10.9 Å². The Balaban J connectivity index is 1.98. The average molecular weight is 225 g/mol. The smallest absolute Gasteiger partial charge is 0.251 e. The van der Waals surface area contributed by atoms with Gasteiger partial charge in [0.05, 0.1) is 17.6 Å². The highest BCUT2D eigenvalue weighted by Crippen LogP contribution is 2.30. The second kappa shape index (κ2) is 3.90. The van der Waals surface area contributed by atoms with Crippen molar-refractivity contribution in [1.82, 2.24) is 4.98 Å². The summed E-state index contributed by atoms with van der Waals surface area (Å²) in [5, 5.41) is 6.06. The number of nitrogens with zero attached hydrogens (tertiary/aromatic N) is 1. The van der Waals surface area contributed by atoms with Crippen molar-refractivity contribution in [3.8, 4) is 0 Å². The number of rotatable bonds is 1. The fourth-order valence-electron chi connectivity index (χ4n) is 1.93. The first kappa shape index (κ1) is 9.84. The van der Waals surface area contributed by atoms with Gasteiger partial charge in [0, 0.05) is 6.20 Å². The van der Waals surface area contributed by atoms with Crippen LogP contribution >= 0.6 is 0 Å². The lowest BCUT2D eigenvalue weighted by Crippen LogP contribution is -2.31. The van der Waals surface area contributed by atoms with E-state index in [0.29, 0.717) is 0 Å². The van der Waals surface area contributed by atoms with Crippen LogP contribution in [0.2, 0.25) is 0 Å². The van der Waals surface area contributed by atoms with Gasteiger partial charge in [0.1, 0.15) is 6.04 Å². The minimum atomic E-state index is -0.342. The van der Waals surface area contributed by atoms with Crippen molar-refractivity contribution < 1.29 is 4.79 Å². The summed E-state index contributed by atoms with van der Waals surface area (Å²) in [6, 6.07) is 11.2. The largest absolute Gasteiger partial charge is 0.368 e. The number of aromatic nitrogens is 1. The molecule has 2 N–H and O–H groups in total. The molecule has 0 saturated heterocycles. The molecule has 1 amide bonds. The third kappa shape index (κ3) is 1.73. The standard InChI is InChI=1S/C13H11N3O/c17-13-12(9-4-2-1-3-5-9)15-10-6-7-14-8-11(10)16-13/h1-8,12,15H,(H,16,17). The lowest BCUT2D eigenvalue weighted by molar-refractivity contribution is -0.117. The molecule has 4 heteroatoms. The molecule has 0 fully saturated rings. The van der Waals surface area contributed by atoms with Gasteiger partial charge in [0.15, 0.2) is 0 Å². The molecule has 1 aliphatic rings. The van der Waals surface area contributed by atoms with E-state index in [1.54, 1.807) is 12.4 Å². The summed E-state index contributed by atoms with van der Waals surface area (Å²) < 4.78 is 0. The molecule has 0 radical (unpaired) electrons. The third-order valence-electron chi connectivity index (χ3n) is 2.77. The van der Waals surface area contributed by atoms with Gasteiger partial charge >= 0.3 is 0 Å². The lowest BCUT2D eigenvalue weighted by atomic mass is 10.0. The van der Waals surface area contributed by atoms with Crippen LogP contribution in [0.25, 0.3) is 0 Å². The third-order valence-corrected chi connectivity index (χ3v) is 2.77. The molecule has 0 aliphatic carbocycles. The Morgan fingerprint density at radius 3 is 2.71 bits per heavy atom. The Hall–Kier alpha value is -2.36. The summed E-state index contributed by atoms with van der Waals surface area (Å²) in [7, 11) is 0. The maximum atomic E-state index is 12.0. The molecule has 84 valence electrons. The van der Waals surface area contributed by atoms with Crippen LogP contribution in [0.15, 0.2) is 48.8 Å². The highest BCUT2D eigenvalue weighted by Gasteiger charge is 2.26. The van der Waals surface area contributed by atoms with E-state index >= 15 is 0 Å². The van der Waals surface area contributed by atoms with Crippen LogP contribution in [0.3, 0.4) is 0 Å². The quantitative estimate of drug-likeness (QED) is 0.782. The number of nitrogens with one attached hydrogen (secondary N) is 2. The molecule has 0 spiro atoms. The number of benzene rings is 1. The molecular formula is C13H11N3O. The zero-order valence-electron chi connectivity index (χ0n) is 9.05. The van der Waals surface area contributed by atoms with E-state index in [9.17, 15) is 4.79 Å². The van der Waals surface area contributed by atoms with Crippen molar-refractivity contribution in [2.45, 2.75) is 6.04 Å². The van der Waals surface area contributed by atoms with Crippen molar-refractivity contribution in [1.29, 1.82) is 0 Å². The summed E-state index contributed by atoms with van der Waals surface area (Å²) in [6.07, 6.45) is 3.34. The second-order valence-corrected chi connectivity index (χ2v) is 3.90. The number of anilines is 2.